The Bertz CT molecular complexity index is 452. The number of ketones is 1. The number of carbonyl (C=O) groups excluding carboxylic acids is 1. The molecule has 0 heterocycles. The zero-order chi connectivity index (χ0) is 11.9. The van der Waals surface area contributed by atoms with E-state index in [0.717, 1.165) is 26.5 Å². The number of alkyl halides is 2. The Hall–Kier alpha value is 0.810. The van der Waals surface area contributed by atoms with Crippen molar-refractivity contribution >= 4 is 69.5 Å². The molecular weight excluding hydrogens is 468 g/mol. The summed E-state index contributed by atoms with van der Waals surface area (Å²) >= 11 is 13.8. The van der Waals surface area contributed by atoms with E-state index in [0.29, 0.717) is 10.7 Å². The maximum atomic E-state index is 12.3. The SMILES string of the molecule is O=C1c2cc(Br)c(Br)cc2CC1(CBr)CBr. The Morgan fingerprint density at radius 3 is 2.25 bits per heavy atom. The number of hydrogen-bond donors (Lipinski definition) is 0. The van der Waals surface area contributed by atoms with E-state index in [9.17, 15) is 4.79 Å². The minimum absolute atomic E-state index is 0.226. The summed E-state index contributed by atoms with van der Waals surface area (Å²) in [5.41, 5.74) is 1.65. The van der Waals surface area contributed by atoms with Crippen molar-refractivity contribution in [2.45, 2.75) is 6.42 Å². The first-order chi connectivity index (χ1) is 7.54. The molecule has 0 bridgehead atoms. The molecule has 1 aromatic rings. The number of rotatable bonds is 2. The highest BCUT2D eigenvalue weighted by Crippen LogP contribution is 2.42. The molecule has 0 radical (unpaired) electrons. The normalized spacial score (nSPS) is 17.6. The molecule has 0 aromatic heterocycles. The number of Topliss-reactive ketones (excluding diaryl/α,β-unsaturated/α-hetero) is 1. The highest BCUT2D eigenvalue weighted by atomic mass is 79.9. The lowest BCUT2D eigenvalue weighted by Crippen LogP contribution is -2.31. The number of hydrogen-bond acceptors (Lipinski definition) is 1. The summed E-state index contributed by atoms with van der Waals surface area (Å²) in [5.74, 6) is 0.226. The lowest BCUT2D eigenvalue weighted by molar-refractivity contribution is 0.0876. The third-order valence-electron chi connectivity index (χ3n) is 2.91. The van der Waals surface area contributed by atoms with Crippen molar-refractivity contribution in [1.29, 1.82) is 0 Å². The van der Waals surface area contributed by atoms with Crippen LogP contribution in [0.3, 0.4) is 0 Å². The van der Waals surface area contributed by atoms with Gasteiger partial charge < -0.3 is 0 Å². The van der Waals surface area contributed by atoms with Crippen LogP contribution >= 0.6 is 63.7 Å². The smallest absolute Gasteiger partial charge is 0.171 e. The average molecular weight is 476 g/mol. The predicted octanol–water partition coefficient (Wildman–Crippen LogP) is 4.73. The van der Waals surface area contributed by atoms with Gasteiger partial charge in [0.25, 0.3) is 0 Å². The van der Waals surface area contributed by atoms with Crippen LogP contribution < -0.4 is 0 Å². The first-order valence-corrected chi connectivity index (χ1v) is 8.51. The van der Waals surface area contributed by atoms with Gasteiger partial charge in [-0.3, -0.25) is 4.79 Å². The maximum absolute atomic E-state index is 12.3. The number of fused-ring (bicyclic) bond motifs is 1. The topological polar surface area (TPSA) is 17.1 Å². The molecule has 0 atom stereocenters. The van der Waals surface area contributed by atoms with Gasteiger partial charge >= 0.3 is 0 Å². The fourth-order valence-electron chi connectivity index (χ4n) is 1.93. The summed E-state index contributed by atoms with van der Waals surface area (Å²) < 4.78 is 1.93. The molecule has 0 fully saturated rings. The molecule has 16 heavy (non-hydrogen) atoms. The third-order valence-corrected chi connectivity index (χ3v) is 6.90. The van der Waals surface area contributed by atoms with Crippen LogP contribution in [0.2, 0.25) is 0 Å². The van der Waals surface area contributed by atoms with Crippen LogP contribution in [-0.2, 0) is 6.42 Å². The second-order valence-corrected chi connectivity index (χ2v) is 6.81. The van der Waals surface area contributed by atoms with E-state index >= 15 is 0 Å². The molecule has 0 N–H and O–H groups in total. The molecule has 0 saturated heterocycles. The molecule has 5 heteroatoms. The Kier molecular flexibility index (Phi) is 3.99. The molecule has 1 aliphatic rings. The van der Waals surface area contributed by atoms with Crippen LogP contribution in [0.5, 0.6) is 0 Å². The van der Waals surface area contributed by atoms with Gasteiger partial charge in [0, 0.05) is 25.2 Å². The monoisotopic (exact) mass is 472 g/mol. The molecule has 0 amide bonds. The van der Waals surface area contributed by atoms with Gasteiger partial charge in [0.2, 0.25) is 0 Å². The maximum Gasteiger partial charge on any atom is 0.171 e. The van der Waals surface area contributed by atoms with Gasteiger partial charge in [0.1, 0.15) is 0 Å². The van der Waals surface area contributed by atoms with E-state index in [1.807, 2.05) is 12.1 Å². The number of halogens is 4. The summed E-state index contributed by atoms with van der Waals surface area (Å²) in [4.78, 5) is 12.3. The largest absolute Gasteiger partial charge is 0.293 e. The van der Waals surface area contributed by atoms with Gasteiger partial charge in [-0.15, -0.1) is 0 Å². The van der Waals surface area contributed by atoms with Crippen LogP contribution in [0.25, 0.3) is 0 Å². The van der Waals surface area contributed by atoms with Crippen molar-refractivity contribution in [1.82, 2.24) is 0 Å². The Morgan fingerprint density at radius 2 is 1.69 bits per heavy atom. The van der Waals surface area contributed by atoms with Gasteiger partial charge in [-0.25, -0.2) is 0 Å². The standard InChI is InChI=1S/C11H8Br4O/c12-4-11(5-13)3-6-1-8(14)9(15)2-7(6)10(11)16/h1-2H,3-5H2. The molecule has 1 nitrogen and oxygen atoms in total. The molecule has 0 spiro atoms. The zero-order valence-corrected chi connectivity index (χ0v) is 14.5. The highest BCUT2D eigenvalue weighted by Gasteiger charge is 2.44. The fourth-order valence-corrected chi connectivity index (χ4v) is 4.50. The number of carbonyl (C=O) groups is 1. The predicted molar refractivity (Wildman–Crippen MR) is 79.9 cm³/mol. The summed E-state index contributed by atoms with van der Waals surface area (Å²) in [5, 5.41) is 1.38. The minimum Gasteiger partial charge on any atom is -0.293 e. The first kappa shape index (κ1) is 13.2. The molecule has 2 rings (SSSR count). The van der Waals surface area contributed by atoms with Crippen molar-refractivity contribution < 1.29 is 4.79 Å². The van der Waals surface area contributed by atoms with Crippen LogP contribution in [-0.4, -0.2) is 16.4 Å². The van der Waals surface area contributed by atoms with Crippen LogP contribution in [0.1, 0.15) is 15.9 Å². The lowest BCUT2D eigenvalue weighted by Gasteiger charge is -2.21. The summed E-state index contributed by atoms with van der Waals surface area (Å²) in [6.07, 6.45) is 0.795. The molecule has 0 aliphatic heterocycles. The second-order valence-electron chi connectivity index (χ2n) is 3.98. The molecule has 1 aliphatic carbocycles. The van der Waals surface area contributed by atoms with Gasteiger partial charge in [-0.1, -0.05) is 31.9 Å². The van der Waals surface area contributed by atoms with Crippen molar-refractivity contribution in [3.8, 4) is 0 Å². The molecule has 0 unspecified atom stereocenters. The highest BCUT2D eigenvalue weighted by molar-refractivity contribution is 9.13. The lowest BCUT2D eigenvalue weighted by atomic mass is 9.89. The van der Waals surface area contributed by atoms with E-state index in [2.05, 4.69) is 63.7 Å². The molecule has 1 aromatic carbocycles. The van der Waals surface area contributed by atoms with Gasteiger partial charge in [0.15, 0.2) is 5.78 Å². The number of benzene rings is 1. The van der Waals surface area contributed by atoms with Crippen molar-refractivity contribution in [3.05, 3.63) is 32.2 Å². The van der Waals surface area contributed by atoms with E-state index in [4.69, 9.17) is 0 Å². The Morgan fingerprint density at radius 1 is 1.12 bits per heavy atom. The van der Waals surface area contributed by atoms with Crippen molar-refractivity contribution in [2.24, 2.45) is 5.41 Å². The van der Waals surface area contributed by atoms with Crippen LogP contribution in [0.4, 0.5) is 0 Å². The van der Waals surface area contributed by atoms with Gasteiger partial charge in [-0.2, -0.15) is 0 Å². The summed E-state index contributed by atoms with van der Waals surface area (Å²) in [6, 6.07) is 3.94. The van der Waals surface area contributed by atoms with E-state index < -0.39 is 0 Å². The first-order valence-electron chi connectivity index (χ1n) is 4.69. The fraction of sp³-hybridized carbons (Fsp3) is 0.364. The Labute approximate surface area is 128 Å². The van der Waals surface area contributed by atoms with E-state index in [1.54, 1.807) is 0 Å². The van der Waals surface area contributed by atoms with E-state index in [-0.39, 0.29) is 11.2 Å². The van der Waals surface area contributed by atoms with Gasteiger partial charge in [0.05, 0.1) is 5.41 Å². The minimum atomic E-state index is -0.317. The van der Waals surface area contributed by atoms with E-state index in [1.165, 1.54) is 0 Å². The molecular formula is C11H8Br4O. The second kappa shape index (κ2) is 4.82. The van der Waals surface area contributed by atoms with Crippen molar-refractivity contribution in [2.75, 3.05) is 10.7 Å². The average Bonchev–Trinajstić information content (AvgIpc) is 2.54. The zero-order valence-electron chi connectivity index (χ0n) is 8.20. The Balaban J connectivity index is 2.54. The molecule has 0 saturated carbocycles. The van der Waals surface area contributed by atoms with Crippen LogP contribution in [0, 0.1) is 5.41 Å². The summed E-state index contributed by atoms with van der Waals surface area (Å²) in [6.45, 7) is 0. The quantitative estimate of drug-likeness (QED) is 0.565. The van der Waals surface area contributed by atoms with Gasteiger partial charge in [-0.05, 0) is 56.0 Å². The summed E-state index contributed by atoms with van der Waals surface area (Å²) in [7, 11) is 0. The molecule has 86 valence electrons. The van der Waals surface area contributed by atoms with Crippen molar-refractivity contribution in [3.63, 3.8) is 0 Å². The third kappa shape index (κ3) is 1.98. The van der Waals surface area contributed by atoms with Crippen LogP contribution in [0.15, 0.2) is 21.1 Å².